The summed E-state index contributed by atoms with van der Waals surface area (Å²) in [6.07, 6.45) is 1.28. The predicted molar refractivity (Wildman–Crippen MR) is 60.1 cm³/mol. The third-order valence-corrected chi connectivity index (χ3v) is 3.98. The van der Waals surface area contributed by atoms with Crippen LogP contribution in [0.15, 0.2) is 35.3 Å². The van der Waals surface area contributed by atoms with Crippen LogP contribution in [0.2, 0.25) is 0 Å². The molecule has 0 fully saturated rings. The van der Waals surface area contributed by atoms with Crippen molar-refractivity contribution in [2.75, 3.05) is 0 Å². The second kappa shape index (κ2) is 4.15. The summed E-state index contributed by atoms with van der Waals surface area (Å²) in [5.74, 6) is 0. The average molecular weight is 257 g/mol. The van der Waals surface area contributed by atoms with Crippen LogP contribution in [0, 0.1) is 22.7 Å². The Hall–Kier alpha value is -1.80. The normalized spacial score (nSPS) is 10.9. The van der Waals surface area contributed by atoms with Crippen LogP contribution in [0.25, 0.3) is 15.2 Å². The predicted octanol–water partition coefficient (Wildman–Crippen LogP) is 2.33. The standard InChI is InChI=1S/C12H6N2Se/c13-5-3-11(8-14)9-1-2-12-10(7-9)4-6-15-12/h1-4,6-7H/b11-3+. The summed E-state index contributed by atoms with van der Waals surface area (Å²) in [6, 6.07) is 11.9. The van der Waals surface area contributed by atoms with Gasteiger partial charge in [-0.1, -0.05) is 0 Å². The van der Waals surface area contributed by atoms with Crippen molar-refractivity contribution in [3.05, 3.63) is 40.8 Å². The molecule has 15 heavy (non-hydrogen) atoms. The second-order valence-corrected chi connectivity index (χ2v) is 4.96. The number of fused-ring (bicyclic) bond motifs is 1. The first-order valence-corrected chi connectivity index (χ1v) is 6.17. The SMILES string of the molecule is N#C/C=C(\C#N)c1ccc2[se]ccc2c1. The molecule has 1 heterocycles. The summed E-state index contributed by atoms with van der Waals surface area (Å²) in [5.41, 5.74) is 1.24. The van der Waals surface area contributed by atoms with Gasteiger partial charge in [0.25, 0.3) is 0 Å². The minimum atomic E-state index is 0.424. The molecule has 3 heteroatoms. The summed E-state index contributed by atoms with van der Waals surface area (Å²) in [5, 5.41) is 18.6. The van der Waals surface area contributed by atoms with Crippen molar-refractivity contribution >= 4 is 29.7 Å². The van der Waals surface area contributed by atoms with Crippen molar-refractivity contribution in [1.82, 2.24) is 0 Å². The summed E-state index contributed by atoms with van der Waals surface area (Å²) in [7, 11) is 0. The minimum absolute atomic E-state index is 0.424. The molecule has 0 spiro atoms. The molecule has 1 aromatic carbocycles. The van der Waals surface area contributed by atoms with Gasteiger partial charge < -0.3 is 0 Å². The van der Waals surface area contributed by atoms with Crippen LogP contribution in [0.3, 0.4) is 0 Å². The van der Waals surface area contributed by atoms with Crippen molar-refractivity contribution < 1.29 is 0 Å². The Morgan fingerprint density at radius 3 is 2.87 bits per heavy atom. The van der Waals surface area contributed by atoms with E-state index in [2.05, 4.69) is 11.0 Å². The average Bonchev–Trinajstić information content (AvgIpc) is 2.72. The Morgan fingerprint density at radius 1 is 1.27 bits per heavy atom. The van der Waals surface area contributed by atoms with Crippen molar-refractivity contribution in [2.24, 2.45) is 0 Å². The van der Waals surface area contributed by atoms with E-state index >= 15 is 0 Å². The maximum atomic E-state index is 8.88. The second-order valence-electron chi connectivity index (χ2n) is 2.97. The van der Waals surface area contributed by atoms with Gasteiger partial charge in [0.05, 0.1) is 0 Å². The number of benzene rings is 1. The summed E-state index contributed by atoms with van der Waals surface area (Å²) in [6.45, 7) is 0. The molecular formula is C12H6N2Se. The van der Waals surface area contributed by atoms with E-state index < -0.39 is 0 Å². The van der Waals surface area contributed by atoms with Gasteiger partial charge in [-0.15, -0.1) is 0 Å². The molecule has 0 unspecified atom stereocenters. The molecule has 0 aliphatic rings. The van der Waals surface area contributed by atoms with Crippen LogP contribution in [0.1, 0.15) is 5.56 Å². The fourth-order valence-corrected chi connectivity index (χ4v) is 3.00. The fourth-order valence-electron chi connectivity index (χ4n) is 1.38. The summed E-state index contributed by atoms with van der Waals surface area (Å²) in [4.78, 5) is 2.15. The molecule has 0 saturated heterocycles. The van der Waals surface area contributed by atoms with E-state index in [1.54, 1.807) is 0 Å². The number of hydrogen-bond donors (Lipinski definition) is 0. The van der Waals surface area contributed by atoms with Gasteiger partial charge >= 0.3 is 93.2 Å². The molecule has 0 radical (unpaired) electrons. The molecule has 2 rings (SSSR count). The van der Waals surface area contributed by atoms with E-state index in [0.29, 0.717) is 20.1 Å². The van der Waals surface area contributed by atoms with Gasteiger partial charge in [0.15, 0.2) is 0 Å². The maximum absolute atomic E-state index is 8.88. The number of hydrogen-bond acceptors (Lipinski definition) is 2. The van der Waals surface area contributed by atoms with Crippen LogP contribution in [-0.2, 0) is 0 Å². The Kier molecular flexibility index (Phi) is 2.70. The van der Waals surface area contributed by atoms with Gasteiger partial charge in [-0.2, -0.15) is 0 Å². The summed E-state index contributed by atoms with van der Waals surface area (Å²) < 4.78 is 1.33. The molecule has 0 bridgehead atoms. The van der Waals surface area contributed by atoms with E-state index in [0.717, 1.165) is 5.56 Å². The first kappa shape index (κ1) is 9.74. The van der Waals surface area contributed by atoms with Gasteiger partial charge in [0, 0.05) is 0 Å². The Bertz CT molecular complexity index is 608. The van der Waals surface area contributed by atoms with Gasteiger partial charge in [0.1, 0.15) is 0 Å². The monoisotopic (exact) mass is 258 g/mol. The molecule has 0 aliphatic heterocycles. The fraction of sp³-hybridized carbons (Fsp3) is 0. The van der Waals surface area contributed by atoms with Crippen LogP contribution in [0.5, 0.6) is 0 Å². The van der Waals surface area contributed by atoms with E-state index in [9.17, 15) is 0 Å². The van der Waals surface area contributed by atoms with Crippen molar-refractivity contribution in [3.63, 3.8) is 0 Å². The quantitative estimate of drug-likeness (QED) is 0.581. The number of allylic oxidation sites excluding steroid dienone is 2. The topological polar surface area (TPSA) is 47.6 Å². The van der Waals surface area contributed by atoms with E-state index in [-0.39, 0.29) is 0 Å². The van der Waals surface area contributed by atoms with Crippen LogP contribution in [-0.4, -0.2) is 14.5 Å². The van der Waals surface area contributed by atoms with E-state index in [1.165, 1.54) is 15.7 Å². The molecule has 70 valence electrons. The van der Waals surface area contributed by atoms with Crippen LogP contribution in [0.4, 0.5) is 0 Å². The Balaban J connectivity index is 2.58. The Labute approximate surface area is 93.4 Å². The zero-order chi connectivity index (χ0) is 10.7. The van der Waals surface area contributed by atoms with E-state index in [4.69, 9.17) is 10.5 Å². The first-order chi connectivity index (χ1) is 7.35. The Morgan fingerprint density at radius 2 is 2.13 bits per heavy atom. The molecule has 2 aromatic rings. The number of nitriles is 2. The third-order valence-electron chi connectivity index (χ3n) is 2.09. The molecule has 0 aliphatic carbocycles. The molecule has 2 nitrogen and oxygen atoms in total. The molecule has 0 atom stereocenters. The number of rotatable bonds is 1. The zero-order valence-electron chi connectivity index (χ0n) is 7.77. The molecular weight excluding hydrogens is 251 g/mol. The van der Waals surface area contributed by atoms with Gasteiger partial charge in [-0.05, 0) is 0 Å². The van der Waals surface area contributed by atoms with Crippen molar-refractivity contribution in [2.45, 2.75) is 0 Å². The van der Waals surface area contributed by atoms with Gasteiger partial charge in [-0.25, -0.2) is 0 Å². The molecule has 1 aromatic heterocycles. The first-order valence-electron chi connectivity index (χ1n) is 4.32. The van der Waals surface area contributed by atoms with Crippen LogP contribution >= 0.6 is 0 Å². The molecule has 0 saturated carbocycles. The zero-order valence-corrected chi connectivity index (χ0v) is 9.48. The molecule has 0 amide bonds. The van der Waals surface area contributed by atoms with E-state index in [1.807, 2.05) is 30.3 Å². The van der Waals surface area contributed by atoms with Gasteiger partial charge in [-0.3, -0.25) is 0 Å². The van der Waals surface area contributed by atoms with Crippen molar-refractivity contribution in [3.8, 4) is 12.1 Å². The number of nitrogens with zero attached hydrogens (tertiary/aromatic N) is 2. The van der Waals surface area contributed by atoms with Gasteiger partial charge in [0.2, 0.25) is 0 Å². The van der Waals surface area contributed by atoms with Crippen molar-refractivity contribution in [1.29, 1.82) is 10.5 Å². The molecule has 0 N–H and O–H groups in total. The van der Waals surface area contributed by atoms with Crippen LogP contribution < -0.4 is 0 Å². The summed E-state index contributed by atoms with van der Waals surface area (Å²) >= 11 is 0.430. The third kappa shape index (κ3) is 1.85.